The Kier molecular flexibility index (Phi) is 11.6. The summed E-state index contributed by atoms with van der Waals surface area (Å²) in [5, 5.41) is 6.29. The van der Waals surface area contributed by atoms with Crippen LogP contribution in [0.15, 0.2) is 4.99 Å². The molecule has 16 heavy (non-hydrogen) atoms. The van der Waals surface area contributed by atoms with Crippen molar-refractivity contribution in [2.24, 2.45) is 4.99 Å². The van der Waals surface area contributed by atoms with E-state index >= 15 is 0 Å². The summed E-state index contributed by atoms with van der Waals surface area (Å²) < 4.78 is 10.4. The molecule has 0 radical (unpaired) electrons. The third-order valence-corrected chi connectivity index (χ3v) is 2.00. The second-order valence-corrected chi connectivity index (χ2v) is 3.38. The maximum absolute atomic E-state index is 5.42. The summed E-state index contributed by atoms with van der Waals surface area (Å²) in [6, 6.07) is 0. The standard InChI is InChI=1S/C11H25N3O2/c1-4-5-8-16-10-7-14-11(12-2)13-6-9-15-3/h4-10H2,1-3H3,(H2,12,13,14). The second kappa shape index (κ2) is 12.3. The van der Waals surface area contributed by atoms with Crippen LogP contribution in [0.25, 0.3) is 0 Å². The number of rotatable bonds is 9. The molecule has 0 rings (SSSR count). The van der Waals surface area contributed by atoms with Gasteiger partial charge in [0.05, 0.1) is 13.2 Å². The molecule has 0 aliphatic rings. The maximum atomic E-state index is 5.42. The molecule has 5 heteroatoms. The van der Waals surface area contributed by atoms with Gasteiger partial charge in [-0.05, 0) is 6.42 Å². The van der Waals surface area contributed by atoms with Crippen LogP contribution in [-0.2, 0) is 9.47 Å². The molecule has 2 N–H and O–H groups in total. The molecule has 0 amide bonds. The van der Waals surface area contributed by atoms with E-state index in [9.17, 15) is 0 Å². The Hall–Kier alpha value is -0.810. The number of unbranched alkanes of at least 4 members (excludes halogenated alkanes) is 1. The van der Waals surface area contributed by atoms with Crippen molar-refractivity contribution in [2.45, 2.75) is 19.8 Å². The van der Waals surface area contributed by atoms with Crippen molar-refractivity contribution < 1.29 is 9.47 Å². The lowest BCUT2D eigenvalue weighted by atomic mass is 10.4. The molecule has 0 saturated heterocycles. The Bertz CT molecular complexity index is 175. The number of methoxy groups -OCH3 is 1. The molecule has 0 bridgehead atoms. The molecule has 0 atom stereocenters. The fraction of sp³-hybridized carbons (Fsp3) is 0.909. The maximum Gasteiger partial charge on any atom is 0.191 e. The Balaban J connectivity index is 3.34. The predicted octanol–water partition coefficient (Wildman–Crippen LogP) is 0.615. The number of nitrogens with one attached hydrogen (secondary N) is 2. The van der Waals surface area contributed by atoms with E-state index < -0.39 is 0 Å². The minimum Gasteiger partial charge on any atom is -0.383 e. The quantitative estimate of drug-likeness (QED) is 0.347. The van der Waals surface area contributed by atoms with E-state index in [1.165, 1.54) is 6.42 Å². The van der Waals surface area contributed by atoms with Crippen LogP contribution >= 0.6 is 0 Å². The van der Waals surface area contributed by atoms with E-state index in [0.717, 1.165) is 32.1 Å². The molecule has 0 unspecified atom stereocenters. The smallest absolute Gasteiger partial charge is 0.191 e. The van der Waals surface area contributed by atoms with Crippen molar-refractivity contribution in [3.05, 3.63) is 0 Å². The van der Waals surface area contributed by atoms with Gasteiger partial charge in [0.1, 0.15) is 0 Å². The summed E-state index contributed by atoms with van der Waals surface area (Å²) >= 11 is 0. The van der Waals surface area contributed by atoms with Crippen LogP contribution in [0.2, 0.25) is 0 Å². The van der Waals surface area contributed by atoms with Gasteiger partial charge in [0, 0.05) is 33.9 Å². The monoisotopic (exact) mass is 231 g/mol. The summed E-state index contributed by atoms with van der Waals surface area (Å²) in [5.41, 5.74) is 0. The molecule has 0 aliphatic heterocycles. The van der Waals surface area contributed by atoms with E-state index in [1.54, 1.807) is 14.2 Å². The number of hydrogen-bond acceptors (Lipinski definition) is 3. The molecule has 0 heterocycles. The van der Waals surface area contributed by atoms with Gasteiger partial charge in [-0.3, -0.25) is 4.99 Å². The molecule has 5 nitrogen and oxygen atoms in total. The van der Waals surface area contributed by atoms with Gasteiger partial charge in [0.15, 0.2) is 5.96 Å². The van der Waals surface area contributed by atoms with Crippen LogP contribution in [0.1, 0.15) is 19.8 Å². The van der Waals surface area contributed by atoms with Gasteiger partial charge in [0.2, 0.25) is 0 Å². The zero-order valence-corrected chi connectivity index (χ0v) is 10.7. The highest BCUT2D eigenvalue weighted by molar-refractivity contribution is 5.79. The van der Waals surface area contributed by atoms with Crippen molar-refractivity contribution in [3.8, 4) is 0 Å². The number of guanidine groups is 1. The first-order valence-corrected chi connectivity index (χ1v) is 5.86. The number of hydrogen-bond donors (Lipinski definition) is 2. The van der Waals surface area contributed by atoms with E-state index in [4.69, 9.17) is 9.47 Å². The van der Waals surface area contributed by atoms with Crippen LogP contribution in [0.3, 0.4) is 0 Å². The highest BCUT2D eigenvalue weighted by Gasteiger charge is 1.95. The fourth-order valence-corrected chi connectivity index (χ4v) is 1.08. The largest absolute Gasteiger partial charge is 0.383 e. The molecule has 0 aromatic rings. The average molecular weight is 231 g/mol. The van der Waals surface area contributed by atoms with Crippen LogP contribution in [0.4, 0.5) is 0 Å². The highest BCUT2D eigenvalue weighted by Crippen LogP contribution is 1.86. The SMILES string of the molecule is CCCCOCCNC(=NC)NCCOC. The first-order valence-electron chi connectivity index (χ1n) is 5.86. The Morgan fingerprint density at radius 1 is 1.12 bits per heavy atom. The first-order chi connectivity index (χ1) is 7.85. The zero-order valence-electron chi connectivity index (χ0n) is 10.7. The Morgan fingerprint density at radius 2 is 1.81 bits per heavy atom. The van der Waals surface area contributed by atoms with Crippen molar-refractivity contribution in [1.82, 2.24) is 10.6 Å². The van der Waals surface area contributed by atoms with Gasteiger partial charge < -0.3 is 20.1 Å². The van der Waals surface area contributed by atoms with Crippen molar-refractivity contribution in [1.29, 1.82) is 0 Å². The topological polar surface area (TPSA) is 54.9 Å². The van der Waals surface area contributed by atoms with Gasteiger partial charge in [-0.1, -0.05) is 13.3 Å². The van der Waals surface area contributed by atoms with E-state index in [-0.39, 0.29) is 0 Å². The molecule has 0 saturated carbocycles. The lowest BCUT2D eigenvalue weighted by Crippen LogP contribution is -2.40. The summed E-state index contributed by atoms with van der Waals surface area (Å²) in [6.07, 6.45) is 2.30. The molecule has 0 fully saturated rings. The highest BCUT2D eigenvalue weighted by atomic mass is 16.5. The lowest BCUT2D eigenvalue weighted by Gasteiger charge is -2.11. The van der Waals surface area contributed by atoms with Crippen LogP contribution in [0, 0.1) is 0 Å². The molecular weight excluding hydrogens is 206 g/mol. The lowest BCUT2D eigenvalue weighted by molar-refractivity contribution is 0.136. The van der Waals surface area contributed by atoms with Gasteiger partial charge >= 0.3 is 0 Å². The normalized spacial score (nSPS) is 11.6. The number of aliphatic imine (C=N–C) groups is 1. The van der Waals surface area contributed by atoms with Crippen molar-refractivity contribution in [3.63, 3.8) is 0 Å². The average Bonchev–Trinajstić information content (AvgIpc) is 2.31. The van der Waals surface area contributed by atoms with E-state index in [1.807, 2.05) is 0 Å². The van der Waals surface area contributed by atoms with Crippen LogP contribution in [-0.4, -0.2) is 53.0 Å². The first kappa shape index (κ1) is 15.2. The van der Waals surface area contributed by atoms with Crippen molar-refractivity contribution in [2.75, 3.05) is 47.1 Å². The molecule has 0 spiro atoms. The third kappa shape index (κ3) is 9.73. The minimum atomic E-state index is 0.674. The summed E-state index contributed by atoms with van der Waals surface area (Å²) in [5.74, 6) is 0.788. The fourth-order valence-electron chi connectivity index (χ4n) is 1.08. The zero-order chi connectivity index (χ0) is 12.1. The van der Waals surface area contributed by atoms with Gasteiger partial charge in [-0.15, -0.1) is 0 Å². The van der Waals surface area contributed by atoms with Crippen LogP contribution < -0.4 is 10.6 Å². The second-order valence-electron chi connectivity index (χ2n) is 3.38. The molecular formula is C11H25N3O2. The van der Waals surface area contributed by atoms with Crippen LogP contribution in [0.5, 0.6) is 0 Å². The van der Waals surface area contributed by atoms with E-state index in [2.05, 4.69) is 22.5 Å². The van der Waals surface area contributed by atoms with E-state index in [0.29, 0.717) is 13.2 Å². The molecule has 0 aromatic heterocycles. The minimum absolute atomic E-state index is 0.674. The molecule has 0 aliphatic carbocycles. The number of nitrogens with zero attached hydrogens (tertiary/aromatic N) is 1. The van der Waals surface area contributed by atoms with Crippen molar-refractivity contribution >= 4 is 5.96 Å². The number of ether oxygens (including phenoxy) is 2. The molecule has 0 aromatic carbocycles. The Labute approximate surface area is 98.6 Å². The third-order valence-electron chi connectivity index (χ3n) is 2.00. The van der Waals surface area contributed by atoms with Gasteiger partial charge in [0.25, 0.3) is 0 Å². The Morgan fingerprint density at radius 3 is 2.38 bits per heavy atom. The summed E-state index contributed by atoms with van der Waals surface area (Å²) in [6.45, 7) is 5.92. The summed E-state index contributed by atoms with van der Waals surface area (Å²) in [7, 11) is 3.43. The molecule has 96 valence electrons. The predicted molar refractivity (Wildman–Crippen MR) is 67.0 cm³/mol. The van der Waals surface area contributed by atoms with Gasteiger partial charge in [-0.25, -0.2) is 0 Å². The van der Waals surface area contributed by atoms with Gasteiger partial charge in [-0.2, -0.15) is 0 Å². The summed E-state index contributed by atoms with van der Waals surface area (Å²) in [4.78, 5) is 4.08.